The van der Waals surface area contributed by atoms with Crippen molar-refractivity contribution < 1.29 is 8.42 Å². The average Bonchev–Trinajstić information content (AvgIpc) is 2.51. The van der Waals surface area contributed by atoms with Crippen LogP contribution in [-0.4, -0.2) is 20.4 Å². The highest BCUT2D eigenvalue weighted by Crippen LogP contribution is 2.33. The fourth-order valence-electron chi connectivity index (χ4n) is 2.37. The maximum atomic E-state index is 12.2. The van der Waals surface area contributed by atoms with Gasteiger partial charge >= 0.3 is 0 Å². The minimum Gasteiger partial charge on any atom is -0.342 e. The number of sulfone groups is 1. The monoisotopic (exact) mass is 297 g/mol. The van der Waals surface area contributed by atoms with Crippen molar-refractivity contribution in [1.29, 1.82) is 0 Å². The fraction of sp³-hybridized carbons (Fsp3) is 0.0588. The van der Waals surface area contributed by atoms with Crippen LogP contribution < -0.4 is 0 Å². The molecule has 1 aliphatic heterocycles. The van der Waals surface area contributed by atoms with Crippen LogP contribution in [0.1, 0.15) is 11.1 Å². The largest absolute Gasteiger partial charge is 0.342 e. The van der Waals surface area contributed by atoms with E-state index >= 15 is 0 Å². The SMILES string of the molecule is CN1C(c2ccccc2)=CS(=O)(=O)C=C1c1ccccc1. The zero-order valence-corrected chi connectivity index (χ0v) is 12.4. The van der Waals surface area contributed by atoms with Crippen molar-refractivity contribution >= 4 is 21.2 Å². The first-order chi connectivity index (χ1) is 10.1. The van der Waals surface area contributed by atoms with Crippen molar-refractivity contribution in [3.8, 4) is 0 Å². The maximum Gasteiger partial charge on any atom is 0.197 e. The van der Waals surface area contributed by atoms with Gasteiger partial charge in [-0.15, -0.1) is 0 Å². The second-order valence-corrected chi connectivity index (χ2v) is 6.54. The topological polar surface area (TPSA) is 37.4 Å². The normalized spacial score (nSPS) is 17.1. The molecule has 21 heavy (non-hydrogen) atoms. The van der Waals surface area contributed by atoms with Gasteiger partial charge in [-0.2, -0.15) is 0 Å². The highest BCUT2D eigenvalue weighted by Gasteiger charge is 2.23. The van der Waals surface area contributed by atoms with Crippen LogP contribution in [0, 0.1) is 0 Å². The minimum atomic E-state index is -3.38. The summed E-state index contributed by atoms with van der Waals surface area (Å²) < 4.78 is 24.4. The lowest BCUT2D eigenvalue weighted by Crippen LogP contribution is -2.20. The van der Waals surface area contributed by atoms with Gasteiger partial charge in [-0.3, -0.25) is 0 Å². The zero-order valence-electron chi connectivity index (χ0n) is 11.6. The van der Waals surface area contributed by atoms with Crippen molar-refractivity contribution in [3.05, 3.63) is 82.6 Å². The number of hydrogen-bond acceptors (Lipinski definition) is 3. The molecule has 0 aromatic heterocycles. The summed E-state index contributed by atoms with van der Waals surface area (Å²) >= 11 is 0. The summed E-state index contributed by atoms with van der Waals surface area (Å²) in [4.78, 5) is 1.91. The molecule has 0 unspecified atom stereocenters. The van der Waals surface area contributed by atoms with E-state index in [4.69, 9.17) is 0 Å². The molecular formula is C17H15NO2S. The Morgan fingerprint density at radius 3 is 1.48 bits per heavy atom. The van der Waals surface area contributed by atoms with Crippen LogP contribution in [0.4, 0.5) is 0 Å². The molecule has 0 aliphatic carbocycles. The highest BCUT2D eigenvalue weighted by molar-refractivity contribution is 7.97. The summed E-state index contributed by atoms with van der Waals surface area (Å²) in [6.45, 7) is 0. The molecule has 0 N–H and O–H groups in total. The summed E-state index contributed by atoms with van der Waals surface area (Å²) in [5.41, 5.74) is 3.11. The standard InChI is InChI=1S/C17H15NO2S/c1-18-16(14-8-4-2-5-9-14)12-21(19,20)13-17(18)15-10-6-3-7-11-15/h2-13H,1H3. The lowest BCUT2D eigenvalue weighted by Gasteiger charge is -2.28. The van der Waals surface area contributed by atoms with Crippen molar-refractivity contribution in [2.24, 2.45) is 0 Å². The smallest absolute Gasteiger partial charge is 0.197 e. The van der Waals surface area contributed by atoms with Gasteiger partial charge in [0, 0.05) is 7.05 Å². The van der Waals surface area contributed by atoms with Crippen LogP contribution in [0.2, 0.25) is 0 Å². The summed E-state index contributed by atoms with van der Waals surface area (Å²) in [6, 6.07) is 19.1. The van der Waals surface area contributed by atoms with E-state index in [0.717, 1.165) is 11.1 Å². The van der Waals surface area contributed by atoms with Gasteiger partial charge in [-0.1, -0.05) is 60.7 Å². The average molecular weight is 297 g/mol. The first-order valence-electron chi connectivity index (χ1n) is 6.60. The third-order valence-corrected chi connectivity index (χ3v) is 4.52. The summed E-state index contributed by atoms with van der Waals surface area (Å²) in [5.74, 6) is 0. The van der Waals surface area contributed by atoms with Gasteiger partial charge in [-0.25, -0.2) is 8.42 Å². The predicted octanol–water partition coefficient (Wildman–Crippen LogP) is 3.34. The maximum absolute atomic E-state index is 12.2. The molecule has 0 spiro atoms. The molecule has 0 amide bonds. The van der Waals surface area contributed by atoms with E-state index in [0.29, 0.717) is 11.4 Å². The highest BCUT2D eigenvalue weighted by atomic mass is 32.2. The first-order valence-corrected chi connectivity index (χ1v) is 8.21. The summed E-state index contributed by atoms with van der Waals surface area (Å²) in [5, 5.41) is 2.63. The Labute approximate surface area is 124 Å². The van der Waals surface area contributed by atoms with E-state index < -0.39 is 9.84 Å². The number of hydrogen-bond donors (Lipinski definition) is 0. The molecule has 3 nitrogen and oxygen atoms in total. The molecule has 0 radical (unpaired) electrons. The molecule has 106 valence electrons. The first kappa shape index (κ1) is 13.6. The Kier molecular flexibility index (Phi) is 3.39. The predicted molar refractivity (Wildman–Crippen MR) is 85.5 cm³/mol. The minimum absolute atomic E-state index is 0.678. The Morgan fingerprint density at radius 1 is 0.714 bits per heavy atom. The van der Waals surface area contributed by atoms with Gasteiger partial charge in [0.25, 0.3) is 0 Å². The van der Waals surface area contributed by atoms with Gasteiger partial charge < -0.3 is 4.90 Å². The molecule has 1 heterocycles. The molecule has 0 bridgehead atoms. The van der Waals surface area contributed by atoms with Crippen LogP contribution >= 0.6 is 0 Å². The van der Waals surface area contributed by atoms with Crippen molar-refractivity contribution in [3.63, 3.8) is 0 Å². The molecule has 4 heteroatoms. The van der Waals surface area contributed by atoms with E-state index in [1.54, 1.807) is 0 Å². The van der Waals surface area contributed by atoms with Gasteiger partial charge in [0.2, 0.25) is 0 Å². The van der Waals surface area contributed by atoms with E-state index in [1.807, 2.05) is 72.6 Å². The van der Waals surface area contributed by atoms with Gasteiger partial charge in [0.05, 0.1) is 22.2 Å². The second-order valence-electron chi connectivity index (χ2n) is 4.89. The van der Waals surface area contributed by atoms with Crippen LogP contribution in [0.3, 0.4) is 0 Å². The Hall–Kier alpha value is -2.33. The lowest BCUT2D eigenvalue weighted by atomic mass is 10.1. The second kappa shape index (κ2) is 5.22. The molecule has 0 atom stereocenters. The van der Waals surface area contributed by atoms with Gasteiger partial charge in [-0.05, 0) is 11.1 Å². The summed E-state index contributed by atoms with van der Waals surface area (Å²) in [7, 11) is -1.49. The molecule has 0 fully saturated rings. The number of rotatable bonds is 2. The van der Waals surface area contributed by atoms with Crippen molar-refractivity contribution in [2.75, 3.05) is 7.05 Å². The Bertz CT molecular complexity index is 743. The molecule has 0 saturated carbocycles. The molecular weight excluding hydrogens is 282 g/mol. The Balaban J connectivity index is 2.12. The number of nitrogens with zero attached hydrogens (tertiary/aromatic N) is 1. The summed E-state index contributed by atoms with van der Waals surface area (Å²) in [6.07, 6.45) is 0. The van der Waals surface area contributed by atoms with E-state index in [-0.39, 0.29) is 0 Å². The molecule has 2 aromatic carbocycles. The van der Waals surface area contributed by atoms with Crippen LogP contribution in [-0.2, 0) is 9.84 Å². The fourth-order valence-corrected chi connectivity index (χ4v) is 3.65. The Morgan fingerprint density at radius 2 is 1.10 bits per heavy atom. The molecule has 1 aliphatic rings. The molecule has 0 saturated heterocycles. The van der Waals surface area contributed by atoms with Gasteiger partial charge in [0.1, 0.15) is 0 Å². The quantitative estimate of drug-likeness (QED) is 0.853. The van der Waals surface area contributed by atoms with Gasteiger partial charge in [0.15, 0.2) is 9.84 Å². The van der Waals surface area contributed by atoms with Crippen molar-refractivity contribution in [2.45, 2.75) is 0 Å². The van der Waals surface area contributed by atoms with Crippen LogP contribution in [0.15, 0.2) is 71.5 Å². The number of benzene rings is 2. The van der Waals surface area contributed by atoms with E-state index in [9.17, 15) is 8.42 Å². The van der Waals surface area contributed by atoms with E-state index in [1.165, 1.54) is 10.8 Å². The van der Waals surface area contributed by atoms with Crippen molar-refractivity contribution in [1.82, 2.24) is 4.90 Å². The van der Waals surface area contributed by atoms with E-state index in [2.05, 4.69) is 0 Å². The third kappa shape index (κ3) is 2.76. The third-order valence-electron chi connectivity index (χ3n) is 3.41. The lowest BCUT2D eigenvalue weighted by molar-refractivity contribution is 0.607. The molecule has 2 aromatic rings. The zero-order chi connectivity index (χ0) is 14.9. The van der Waals surface area contributed by atoms with Crippen LogP contribution in [0.25, 0.3) is 11.4 Å². The van der Waals surface area contributed by atoms with Crippen LogP contribution in [0.5, 0.6) is 0 Å². The molecule has 3 rings (SSSR count).